The van der Waals surface area contributed by atoms with Gasteiger partial charge in [-0.3, -0.25) is 10.3 Å². The van der Waals surface area contributed by atoms with Gasteiger partial charge >= 0.3 is 0 Å². The van der Waals surface area contributed by atoms with Gasteiger partial charge in [0.1, 0.15) is 0 Å². The fourth-order valence-electron chi connectivity index (χ4n) is 1.64. The second-order valence-electron chi connectivity index (χ2n) is 3.28. The highest BCUT2D eigenvalue weighted by atomic mass is 35.5. The van der Waals surface area contributed by atoms with Gasteiger partial charge in [-0.05, 0) is 24.1 Å². The van der Waals surface area contributed by atoms with Crippen molar-refractivity contribution in [3.05, 3.63) is 28.8 Å². The summed E-state index contributed by atoms with van der Waals surface area (Å²) in [5, 5.41) is 11.4. The van der Waals surface area contributed by atoms with Crippen molar-refractivity contribution in [1.29, 1.82) is 0 Å². The number of halogens is 1. The first kappa shape index (κ1) is 8.81. The second-order valence-corrected chi connectivity index (χ2v) is 3.69. The Labute approximate surface area is 81.7 Å². The maximum Gasteiger partial charge on any atom is 0.0682 e. The van der Waals surface area contributed by atoms with Crippen LogP contribution in [0, 0.1) is 0 Å². The van der Waals surface area contributed by atoms with Gasteiger partial charge in [0.15, 0.2) is 0 Å². The van der Waals surface area contributed by atoms with Crippen molar-refractivity contribution >= 4 is 17.3 Å². The molecule has 3 nitrogen and oxygen atoms in total. The van der Waals surface area contributed by atoms with Crippen LogP contribution in [0.3, 0.4) is 0 Å². The third-order valence-corrected chi connectivity index (χ3v) is 2.60. The Morgan fingerprint density at radius 2 is 2.31 bits per heavy atom. The molecule has 0 saturated carbocycles. The zero-order valence-corrected chi connectivity index (χ0v) is 7.83. The highest BCUT2D eigenvalue weighted by molar-refractivity contribution is 6.31. The fraction of sp³-hybridized carbons (Fsp3) is 0.333. The molecule has 0 saturated heterocycles. The number of hydrogen-bond acceptors (Lipinski definition) is 3. The molecule has 2 rings (SSSR count). The Morgan fingerprint density at radius 3 is 3.08 bits per heavy atom. The van der Waals surface area contributed by atoms with Gasteiger partial charge in [0.2, 0.25) is 0 Å². The molecular weight excluding hydrogens is 188 g/mol. The van der Waals surface area contributed by atoms with E-state index < -0.39 is 0 Å². The Bertz CT molecular complexity index is 329. The van der Waals surface area contributed by atoms with Crippen LogP contribution in [0.4, 0.5) is 5.69 Å². The summed E-state index contributed by atoms with van der Waals surface area (Å²) in [5.41, 5.74) is 7.46. The van der Waals surface area contributed by atoms with Gasteiger partial charge in [-0.2, -0.15) is 0 Å². The van der Waals surface area contributed by atoms with Gasteiger partial charge in [0, 0.05) is 11.1 Å². The quantitative estimate of drug-likeness (QED) is 0.663. The first-order chi connectivity index (χ1) is 6.18. The molecule has 1 heterocycles. The van der Waals surface area contributed by atoms with Crippen molar-refractivity contribution in [3.63, 3.8) is 0 Å². The number of fused-ring (bicyclic) bond motifs is 1. The molecule has 1 aliphatic heterocycles. The van der Waals surface area contributed by atoms with Crippen molar-refractivity contribution < 1.29 is 5.21 Å². The smallest absolute Gasteiger partial charge is 0.0682 e. The molecule has 0 aliphatic carbocycles. The maximum absolute atomic E-state index is 9.55. The molecular formula is C9H11ClN2O. The lowest BCUT2D eigenvalue weighted by atomic mass is 10.00. The average molecular weight is 199 g/mol. The first-order valence-electron chi connectivity index (χ1n) is 4.18. The lowest BCUT2D eigenvalue weighted by molar-refractivity contribution is 0.238. The molecule has 0 radical (unpaired) electrons. The van der Waals surface area contributed by atoms with Gasteiger partial charge in [0.05, 0.1) is 12.2 Å². The first-order valence-corrected chi connectivity index (χ1v) is 4.55. The molecule has 0 bridgehead atoms. The molecule has 13 heavy (non-hydrogen) atoms. The molecule has 4 heteroatoms. The predicted octanol–water partition coefficient (Wildman–Crippen LogP) is 1.42. The van der Waals surface area contributed by atoms with Crippen LogP contribution in [0.2, 0.25) is 5.02 Å². The number of rotatable bonds is 0. The number of hydrogen-bond donors (Lipinski definition) is 2. The van der Waals surface area contributed by atoms with Crippen LogP contribution < -0.4 is 10.8 Å². The molecule has 70 valence electrons. The number of anilines is 1. The van der Waals surface area contributed by atoms with Crippen molar-refractivity contribution in [2.45, 2.75) is 12.5 Å². The van der Waals surface area contributed by atoms with Crippen LogP contribution in [0.1, 0.15) is 5.56 Å². The number of benzene rings is 1. The largest absolute Gasteiger partial charge is 0.326 e. The number of nitrogens with two attached hydrogens (primary N) is 1. The minimum atomic E-state index is -0.0441. The predicted molar refractivity (Wildman–Crippen MR) is 52.3 cm³/mol. The van der Waals surface area contributed by atoms with Crippen LogP contribution in [-0.2, 0) is 6.42 Å². The van der Waals surface area contributed by atoms with Crippen molar-refractivity contribution in [2.75, 3.05) is 11.6 Å². The highest BCUT2D eigenvalue weighted by Gasteiger charge is 2.22. The lowest BCUT2D eigenvalue weighted by Gasteiger charge is -2.29. The van der Waals surface area contributed by atoms with E-state index in [1.165, 1.54) is 0 Å². The summed E-state index contributed by atoms with van der Waals surface area (Å²) in [6.07, 6.45) is 0.728. The summed E-state index contributed by atoms with van der Waals surface area (Å²) in [6.45, 7) is 0.466. The third-order valence-electron chi connectivity index (χ3n) is 2.25. The van der Waals surface area contributed by atoms with E-state index in [4.69, 9.17) is 17.3 Å². The molecule has 0 spiro atoms. The molecule has 0 amide bonds. The summed E-state index contributed by atoms with van der Waals surface area (Å²) in [5.74, 6) is 0. The monoisotopic (exact) mass is 198 g/mol. The average Bonchev–Trinajstić information content (AvgIpc) is 2.07. The van der Waals surface area contributed by atoms with Gasteiger partial charge in [0.25, 0.3) is 0 Å². The van der Waals surface area contributed by atoms with Crippen molar-refractivity contribution in [1.82, 2.24) is 0 Å². The van der Waals surface area contributed by atoms with E-state index in [0.717, 1.165) is 22.7 Å². The van der Waals surface area contributed by atoms with E-state index in [1.807, 2.05) is 18.2 Å². The topological polar surface area (TPSA) is 49.5 Å². The standard InChI is InChI=1S/C9H11ClN2O/c10-8-2-1-3-9-7(8)4-6(11)5-12(9)13/h1-3,6,13H,4-5,11H2. The summed E-state index contributed by atoms with van der Waals surface area (Å²) in [7, 11) is 0. The molecule has 1 unspecified atom stereocenters. The van der Waals surface area contributed by atoms with Crippen molar-refractivity contribution in [3.8, 4) is 0 Å². The molecule has 1 aromatic rings. The Hall–Kier alpha value is -0.770. The number of hydroxylamine groups is 1. The molecule has 1 atom stereocenters. The van der Waals surface area contributed by atoms with Crippen molar-refractivity contribution in [2.24, 2.45) is 5.73 Å². The molecule has 0 fully saturated rings. The minimum absolute atomic E-state index is 0.0441. The zero-order valence-electron chi connectivity index (χ0n) is 7.07. The van der Waals surface area contributed by atoms with Crippen LogP contribution in [0.25, 0.3) is 0 Å². The Balaban J connectivity index is 2.49. The summed E-state index contributed by atoms with van der Waals surface area (Å²) in [6, 6.07) is 5.43. The minimum Gasteiger partial charge on any atom is -0.326 e. The molecule has 1 aliphatic rings. The lowest BCUT2D eigenvalue weighted by Crippen LogP contribution is -2.41. The normalized spacial score (nSPS) is 21.5. The Morgan fingerprint density at radius 1 is 1.54 bits per heavy atom. The summed E-state index contributed by atoms with van der Waals surface area (Å²) in [4.78, 5) is 0. The molecule has 1 aromatic carbocycles. The number of nitrogens with zero attached hydrogens (tertiary/aromatic N) is 1. The van der Waals surface area contributed by atoms with Crippen LogP contribution in [0.15, 0.2) is 18.2 Å². The van der Waals surface area contributed by atoms with Gasteiger partial charge in [-0.15, -0.1) is 0 Å². The SMILES string of the molecule is NC1Cc2c(Cl)cccc2N(O)C1. The van der Waals surface area contributed by atoms with E-state index in [-0.39, 0.29) is 6.04 Å². The fourth-order valence-corrected chi connectivity index (χ4v) is 1.89. The van der Waals surface area contributed by atoms with E-state index in [9.17, 15) is 5.21 Å². The van der Waals surface area contributed by atoms with Gasteiger partial charge in [-0.1, -0.05) is 17.7 Å². The summed E-state index contributed by atoms with van der Waals surface area (Å²) < 4.78 is 0. The summed E-state index contributed by atoms with van der Waals surface area (Å²) >= 11 is 5.98. The van der Waals surface area contributed by atoms with E-state index in [2.05, 4.69) is 0 Å². The van der Waals surface area contributed by atoms with E-state index >= 15 is 0 Å². The van der Waals surface area contributed by atoms with Crippen LogP contribution in [0.5, 0.6) is 0 Å². The van der Waals surface area contributed by atoms with Gasteiger partial charge < -0.3 is 5.73 Å². The van der Waals surface area contributed by atoms with Crippen LogP contribution >= 0.6 is 11.6 Å². The van der Waals surface area contributed by atoms with Crippen LogP contribution in [-0.4, -0.2) is 17.8 Å². The zero-order chi connectivity index (χ0) is 9.42. The Kier molecular flexibility index (Phi) is 2.15. The highest BCUT2D eigenvalue weighted by Crippen LogP contribution is 2.30. The van der Waals surface area contributed by atoms with E-state index in [1.54, 1.807) is 0 Å². The molecule has 3 N–H and O–H groups in total. The maximum atomic E-state index is 9.55. The second kappa shape index (κ2) is 3.18. The third kappa shape index (κ3) is 1.50. The van der Waals surface area contributed by atoms with E-state index in [0.29, 0.717) is 11.6 Å². The molecule has 0 aromatic heterocycles. The van der Waals surface area contributed by atoms with Gasteiger partial charge in [-0.25, -0.2) is 0 Å².